The van der Waals surface area contributed by atoms with Crippen molar-refractivity contribution in [1.82, 2.24) is 4.90 Å². The molecule has 6 nitrogen and oxygen atoms in total. The molecule has 0 saturated heterocycles. The molecule has 2 aromatic heterocycles. The van der Waals surface area contributed by atoms with Crippen molar-refractivity contribution in [2.75, 3.05) is 0 Å². The van der Waals surface area contributed by atoms with Crippen LogP contribution in [-0.2, 0) is 6.54 Å². The van der Waals surface area contributed by atoms with E-state index in [1.165, 1.54) is 35.4 Å². The number of phenols is 1. The topological polar surface area (TPSA) is 83.9 Å². The van der Waals surface area contributed by atoms with Crippen molar-refractivity contribution in [1.29, 1.82) is 0 Å². The molecule has 0 fully saturated rings. The van der Waals surface area contributed by atoms with Gasteiger partial charge in [-0.3, -0.25) is 9.59 Å². The average Bonchev–Trinajstić information content (AvgIpc) is 3.31. The van der Waals surface area contributed by atoms with E-state index in [2.05, 4.69) is 0 Å². The molecule has 2 aromatic carbocycles. The first-order chi connectivity index (χ1) is 14.0. The van der Waals surface area contributed by atoms with Crippen LogP contribution in [0, 0.1) is 5.82 Å². The van der Waals surface area contributed by atoms with E-state index in [1.54, 1.807) is 24.3 Å². The minimum atomic E-state index is -0.807. The van der Waals surface area contributed by atoms with Crippen molar-refractivity contribution in [3.63, 3.8) is 0 Å². The van der Waals surface area contributed by atoms with Gasteiger partial charge in [0.05, 0.1) is 29.8 Å². The van der Waals surface area contributed by atoms with E-state index < -0.39 is 23.2 Å². The molecule has 1 atom stereocenters. The first kappa shape index (κ1) is 17.2. The fraction of sp³-hybridized carbons (Fsp3) is 0.0909. The number of rotatable bonds is 3. The van der Waals surface area contributed by atoms with E-state index in [4.69, 9.17) is 8.83 Å². The predicted molar refractivity (Wildman–Crippen MR) is 101 cm³/mol. The molecule has 7 heteroatoms. The smallest absolute Gasteiger partial charge is 0.291 e. The molecule has 0 bridgehead atoms. The Balaban J connectivity index is 1.77. The summed E-state index contributed by atoms with van der Waals surface area (Å²) in [7, 11) is 0. The lowest BCUT2D eigenvalue weighted by Gasteiger charge is -2.24. The van der Waals surface area contributed by atoms with Crippen molar-refractivity contribution in [3.8, 4) is 5.75 Å². The lowest BCUT2D eigenvalue weighted by atomic mass is 9.98. The summed E-state index contributed by atoms with van der Waals surface area (Å²) in [5.41, 5.74) is 0.305. The molecule has 0 saturated carbocycles. The highest BCUT2D eigenvalue weighted by atomic mass is 19.1. The molecule has 0 aliphatic carbocycles. The summed E-state index contributed by atoms with van der Waals surface area (Å²) in [5.74, 6) is -0.616. The molecule has 1 aliphatic heterocycles. The number of furan rings is 1. The molecule has 4 aromatic rings. The molecular weight excluding hydrogens is 377 g/mol. The Morgan fingerprint density at radius 3 is 2.69 bits per heavy atom. The highest BCUT2D eigenvalue weighted by Gasteiger charge is 2.43. The van der Waals surface area contributed by atoms with Gasteiger partial charge in [-0.15, -0.1) is 0 Å². The Kier molecular flexibility index (Phi) is 3.77. The standard InChI is InChI=1S/C22H14FNO5/c23-13-6-7-17-16(10-13)20(26)18-19(12-3-1-4-14(25)9-12)24(22(27)21(18)29-17)11-15-5-2-8-28-15/h1-10,19,25H,11H2/t19-/m0/s1. The van der Waals surface area contributed by atoms with Crippen LogP contribution in [0.2, 0.25) is 0 Å². The van der Waals surface area contributed by atoms with Gasteiger partial charge in [0.2, 0.25) is 5.76 Å². The number of amides is 1. The van der Waals surface area contributed by atoms with Gasteiger partial charge in [0.25, 0.3) is 5.91 Å². The lowest BCUT2D eigenvalue weighted by Crippen LogP contribution is -2.29. The van der Waals surface area contributed by atoms with Crippen molar-refractivity contribution in [2.24, 2.45) is 0 Å². The number of halogens is 1. The zero-order chi connectivity index (χ0) is 20.1. The van der Waals surface area contributed by atoms with Crippen LogP contribution in [0.5, 0.6) is 5.75 Å². The van der Waals surface area contributed by atoms with Crippen LogP contribution in [0.15, 0.2) is 74.5 Å². The summed E-state index contributed by atoms with van der Waals surface area (Å²) < 4.78 is 24.8. The number of aromatic hydroxyl groups is 1. The number of carbonyl (C=O) groups is 1. The first-order valence-corrected chi connectivity index (χ1v) is 8.91. The molecule has 3 heterocycles. The number of fused-ring (bicyclic) bond motifs is 2. The van der Waals surface area contributed by atoms with Crippen LogP contribution in [0.1, 0.15) is 33.5 Å². The molecule has 0 radical (unpaired) electrons. The van der Waals surface area contributed by atoms with Crippen LogP contribution in [0.25, 0.3) is 11.0 Å². The summed E-state index contributed by atoms with van der Waals surface area (Å²) in [6, 6.07) is 12.5. The Hall–Kier alpha value is -3.87. The Morgan fingerprint density at radius 2 is 1.93 bits per heavy atom. The number of hydrogen-bond donors (Lipinski definition) is 1. The zero-order valence-electron chi connectivity index (χ0n) is 15.0. The number of hydrogen-bond acceptors (Lipinski definition) is 5. The van der Waals surface area contributed by atoms with Crippen molar-refractivity contribution >= 4 is 16.9 Å². The van der Waals surface area contributed by atoms with Crippen molar-refractivity contribution < 1.29 is 23.1 Å². The predicted octanol–water partition coefficient (Wildman–Crippen LogP) is 3.98. The van der Waals surface area contributed by atoms with Crippen LogP contribution >= 0.6 is 0 Å². The minimum absolute atomic E-state index is 0.00225. The second-order valence-electron chi connectivity index (χ2n) is 6.82. The third kappa shape index (κ3) is 2.70. The fourth-order valence-corrected chi connectivity index (χ4v) is 3.77. The van der Waals surface area contributed by atoms with E-state index in [1.807, 2.05) is 0 Å². The third-order valence-corrected chi connectivity index (χ3v) is 5.02. The number of benzene rings is 2. The molecule has 29 heavy (non-hydrogen) atoms. The molecule has 0 unspecified atom stereocenters. The van der Waals surface area contributed by atoms with Crippen LogP contribution < -0.4 is 5.43 Å². The normalized spacial score (nSPS) is 15.8. The average molecular weight is 391 g/mol. The molecule has 0 spiro atoms. The Bertz CT molecular complexity index is 1310. The summed E-state index contributed by atoms with van der Waals surface area (Å²) >= 11 is 0. The number of phenolic OH excluding ortho intramolecular Hbond substituents is 1. The maximum Gasteiger partial charge on any atom is 0.291 e. The van der Waals surface area contributed by atoms with E-state index >= 15 is 0 Å². The van der Waals surface area contributed by atoms with Gasteiger partial charge in [0, 0.05) is 0 Å². The van der Waals surface area contributed by atoms with E-state index in [0.29, 0.717) is 11.3 Å². The molecule has 144 valence electrons. The third-order valence-electron chi connectivity index (χ3n) is 5.02. The van der Waals surface area contributed by atoms with E-state index in [0.717, 1.165) is 6.07 Å². The zero-order valence-corrected chi connectivity index (χ0v) is 15.0. The van der Waals surface area contributed by atoms with Gasteiger partial charge >= 0.3 is 0 Å². The Labute approximate surface area is 163 Å². The SMILES string of the molecule is O=C1c2oc3ccc(F)cc3c(=O)c2[C@H](c2cccc(O)c2)N1Cc1ccco1. The van der Waals surface area contributed by atoms with Crippen molar-refractivity contribution in [3.05, 3.63) is 99.5 Å². The van der Waals surface area contributed by atoms with E-state index in [9.17, 15) is 19.1 Å². The fourth-order valence-electron chi connectivity index (χ4n) is 3.77. The van der Waals surface area contributed by atoms with Gasteiger partial charge in [0.1, 0.15) is 22.9 Å². The molecule has 1 N–H and O–H groups in total. The summed E-state index contributed by atoms with van der Waals surface area (Å²) in [6.45, 7) is 0.0977. The molecule has 1 amide bonds. The Morgan fingerprint density at radius 1 is 1.07 bits per heavy atom. The largest absolute Gasteiger partial charge is 0.508 e. The highest BCUT2D eigenvalue weighted by molar-refractivity contribution is 5.99. The van der Waals surface area contributed by atoms with Crippen LogP contribution in [0.4, 0.5) is 4.39 Å². The van der Waals surface area contributed by atoms with Gasteiger partial charge < -0.3 is 18.8 Å². The quantitative estimate of drug-likeness (QED) is 0.571. The summed E-state index contributed by atoms with van der Waals surface area (Å²) in [5, 5.41) is 9.99. The maximum absolute atomic E-state index is 13.7. The van der Waals surface area contributed by atoms with Gasteiger partial charge in [-0.1, -0.05) is 12.1 Å². The summed E-state index contributed by atoms with van der Waals surface area (Å²) in [4.78, 5) is 27.9. The second kappa shape index (κ2) is 6.34. The van der Waals surface area contributed by atoms with Gasteiger partial charge in [-0.25, -0.2) is 4.39 Å². The monoisotopic (exact) mass is 391 g/mol. The van der Waals surface area contributed by atoms with Crippen LogP contribution in [-0.4, -0.2) is 15.9 Å². The van der Waals surface area contributed by atoms with Gasteiger partial charge in [-0.05, 0) is 48.0 Å². The van der Waals surface area contributed by atoms with Gasteiger partial charge in [-0.2, -0.15) is 0 Å². The first-order valence-electron chi connectivity index (χ1n) is 8.91. The summed E-state index contributed by atoms with van der Waals surface area (Å²) in [6.07, 6.45) is 1.49. The lowest BCUT2D eigenvalue weighted by molar-refractivity contribution is 0.0701. The van der Waals surface area contributed by atoms with E-state index in [-0.39, 0.29) is 34.6 Å². The van der Waals surface area contributed by atoms with Gasteiger partial charge in [0.15, 0.2) is 5.43 Å². The molecular formula is C22H14FNO5. The molecule has 5 rings (SSSR count). The highest BCUT2D eigenvalue weighted by Crippen LogP contribution is 2.39. The maximum atomic E-state index is 13.7. The second-order valence-corrected chi connectivity index (χ2v) is 6.82. The van der Waals surface area contributed by atoms with Crippen molar-refractivity contribution in [2.45, 2.75) is 12.6 Å². The number of carbonyl (C=O) groups excluding carboxylic acids is 1. The minimum Gasteiger partial charge on any atom is -0.508 e. The number of nitrogens with zero attached hydrogens (tertiary/aromatic N) is 1. The van der Waals surface area contributed by atoms with Crippen LogP contribution in [0.3, 0.4) is 0 Å². The molecule has 1 aliphatic rings.